The predicted octanol–water partition coefficient (Wildman–Crippen LogP) is 1.39. The Morgan fingerprint density at radius 2 is 2.40 bits per heavy atom. The average molecular weight is 151 g/mol. The van der Waals surface area contributed by atoms with Crippen molar-refractivity contribution in [2.24, 2.45) is 0 Å². The van der Waals surface area contributed by atoms with E-state index in [1.807, 2.05) is 6.92 Å². The average Bonchev–Trinajstić information content (AvgIpc) is 2.27. The van der Waals surface area contributed by atoms with Crippen LogP contribution in [-0.2, 0) is 0 Å². The van der Waals surface area contributed by atoms with Crippen molar-refractivity contribution in [3.05, 3.63) is 17.5 Å². The minimum atomic E-state index is 0.894. The molecular formula is C6H5N3S. The summed E-state index contributed by atoms with van der Waals surface area (Å²) in [5.74, 6) is 0. The van der Waals surface area contributed by atoms with E-state index in [-0.39, 0.29) is 0 Å². The number of rotatable bonds is 0. The lowest BCUT2D eigenvalue weighted by Gasteiger charge is -1.79. The van der Waals surface area contributed by atoms with Crippen molar-refractivity contribution in [1.29, 1.82) is 0 Å². The molecule has 0 aliphatic heterocycles. The van der Waals surface area contributed by atoms with Gasteiger partial charge in [-0.15, -0.1) is 0 Å². The molecule has 0 aliphatic carbocycles. The Labute approximate surface area is 61.8 Å². The molecule has 50 valence electrons. The molecule has 2 rings (SSSR count). The van der Waals surface area contributed by atoms with Crippen molar-refractivity contribution in [3.63, 3.8) is 0 Å². The van der Waals surface area contributed by atoms with Crippen molar-refractivity contribution in [3.8, 4) is 0 Å². The van der Waals surface area contributed by atoms with Gasteiger partial charge in [-0.1, -0.05) is 11.3 Å². The van der Waals surface area contributed by atoms with Gasteiger partial charge in [-0.2, -0.15) is 0 Å². The van der Waals surface area contributed by atoms with Crippen molar-refractivity contribution in [2.45, 2.75) is 6.92 Å². The first-order chi connectivity index (χ1) is 4.86. The Morgan fingerprint density at radius 3 is 3.20 bits per heavy atom. The summed E-state index contributed by atoms with van der Waals surface area (Å²) in [4.78, 5) is 13.1. The summed E-state index contributed by atoms with van der Waals surface area (Å²) >= 11 is 1.59. The molecule has 0 aliphatic rings. The van der Waals surface area contributed by atoms with Crippen LogP contribution in [-0.4, -0.2) is 15.0 Å². The van der Waals surface area contributed by atoms with Gasteiger partial charge in [0.25, 0.3) is 0 Å². The molecule has 0 saturated heterocycles. The number of thiazole rings is 1. The van der Waals surface area contributed by atoms with Crippen molar-refractivity contribution in [1.82, 2.24) is 15.0 Å². The van der Waals surface area contributed by atoms with E-state index in [0.29, 0.717) is 0 Å². The highest BCUT2D eigenvalue weighted by atomic mass is 32.1. The van der Waals surface area contributed by atoms with Gasteiger partial charge in [0.1, 0.15) is 16.7 Å². The predicted molar refractivity (Wildman–Crippen MR) is 39.9 cm³/mol. The monoisotopic (exact) mass is 151 g/mol. The summed E-state index contributed by atoms with van der Waals surface area (Å²) in [6.45, 7) is 1.96. The van der Waals surface area contributed by atoms with Crippen LogP contribution in [0.15, 0.2) is 12.5 Å². The van der Waals surface area contributed by atoms with Gasteiger partial charge in [-0.25, -0.2) is 15.0 Å². The van der Waals surface area contributed by atoms with E-state index < -0.39 is 0 Å². The number of hydrogen-bond donors (Lipinski definition) is 0. The maximum absolute atomic E-state index is 4.21. The Kier molecular flexibility index (Phi) is 1.14. The molecular weight excluding hydrogens is 146 g/mol. The molecule has 0 fully saturated rings. The van der Waals surface area contributed by atoms with Gasteiger partial charge < -0.3 is 0 Å². The molecule has 2 heterocycles. The fourth-order valence-electron chi connectivity index (χ4n) is 0.799. The fraction of sp³-hybridized carbons (Fsp3) is 0.167. The number of hydrogen-bond acceptors (Lipinski definition) is 4. The summed E-state index contributed by atoms with van der Waals surface area (Å²) in [5, 5.41) is 1.04. The van der Waals surface area contributed by atoms with Crippen molar-refractivity contribution < 1.29 is 0 Å². The molecule has 3 nitrogen and oxygen atoms in total. The van der Waals surface area contributed by atoms with Crippen LogP contribution in [0.25, 0.3) is 10.3 Å². The van der Waals surface area contributed by atoms with E-state index in [4.69, 9.17) is 0 Å². The Balaban J connectivity index is 2.88. The molecule has 0 aromatic carbocycles. The summed E-state index contributed by atoms with van der Waals surface area (Å²) in [5.41, 5.74) is 0.894. The number of fused-ring (bicyclic) bond motifs is 1. The molecule has 0 spiro atoms. The summed E-state index contributed by atoms with van der Waals surface area (Å²) in [6, 6.07) is 0. The van der Waals surface area contributed by atoms with Crippen LogP contribution in [0.5, 0.6) is 0 Å². The number of aromatic nitrogens is 3. The van der Waals surface area contributed by atoms with Crippen LogP contribution in [0.2, 0.25) is 0 Å². The van der Waals surface area contributed by atoms with Crippen LogP contribution in [0.1, 0.15) is 5.01 Å². The molecule has 2 aromatic heterocycles. The molecule has 0 atom stereocenters. The topological polar surface area (TPSA) is 38.7 Å². The zero-order chi connectivity index (χ0) is 6.97. The second-order valence-electron chi connectivity index (χ2n) is 1.95. The third-order valence-corrected chi connectivity index (χ3v) is 2.07. The molecule has 4 heteroatoms. The summed E-state index contributed by atoms with van der Waals surface area (Å²) in [7, 11) is 0. The summed E-state index contributed by atoms with van der Waals surface area (Å²) < 4.78 is 0. The first-order valence-corrected chi connectivity index (χ1v) is 3.71. The van der Waals surface area contributed by atoms with Gasteiger partial charge >= 0.3 is 0 Å². The van der Waals surface area contributed by atoms with Crippen molar-refractivity contribution in [2.75, 3.05) is 0 Å². The first-order valence-electron chi connectivity index (χ1n) is 2.89. The third kappa shape index (κ3) is 0.769. The lowest BCUT2D eigenvalue weighted by atomic mass is 10.6. The van der Waals surface area contributed by atoms with Crippen molar-refractivity contribution >= 4 is 21.7 Å². The van der Waals surface area contributed by atoms with Gasteiger partial charge in [0.2, 0.25) is 0 Å². The molecule has 0 radical (unpaired) electrons. The van der Waals surface area contributed by atoms with E-state index >= 15 is 0 Å². The number of nitrogens with zero attached hydrogens (tertiary/aromatic N) is 3. The molecule has 0 amide bonds. The Bertz CT molecular complexity index is 322. The zero-order valence-corrected chi connectivity index (χ0v) is 6.22. The maximum Gasteiger partial charge on any atom is 0.146 e. The maximum atomic E-state index is 4.21. The largest absolute Gasteiger partial charge is 0.242 e. The normalized spacial score (nSPS) is 10.5. The van der Waals surface area contributed by atoms with E-state index in [2.05, 4.69) is 15.0 Å². The molecule has 0 N–H and O–H groups in total. The van der Waals surface area contributed by atoms with Crippen LogP contribution in [0.3, 0.4) is 0 Å². The zero-order valence-electron chi connectivity index (χ0n) is 5.40. The van der Waals surface area contributed by atoms with Crippen LogP contribution >= 0.6 is 11.3 Å². The smallest absolute Gasteiger partial charge is 0.146 e. The SMILES string of the molecule is Cc1nc2cncnc2s1. The second kappa shape index (κ2) is 1.98. The Hall–Kier alpha value is -1.03. The minimum Gasteiger partial charge on any atom is -0.242 e. The highest BCUT2D eigenvalue weighted by molar-refractivity contribution is 7.18. The van der Waals surface area contributed by atoms with Gasteiger partial charge in [-0.05, 0) is 6.92 Å². The van der Waals surface area contributed by atoms with E-state index in [0.717, 1.165) is 15.4 Å². The minimum absolute atomic E-state index is 0.894. The molecule has 0 unspecified atom stereocenters. The molecule has 0 bridgehead atoms. The quantitative estimate of drug-likeness (QED) is 0.571. The van der Waals surface area contributed by atoms with Gasteiger partial charge in [0.15, 0.2) is 0 Å². The highest BCUT2D eigenvalue weighted by Crippen LogP contribution is 2.16. The van der Waals surface area contributed by atoms with E-state index in [1.54, 1.807) is 23.9 Å². The number of aryl methyl sites for hydroxylation is 1. The Morgan fingerprint density at radius 1 is 1.50 bits per heavy atom. The summed E-state index contributed by atoms with van der Waals surface area (Å²) in [6.07, 6.45) is 3.27. The molecule has 0 saturated carbocycles. The second-order valence-corrected chi connectivity index (χ2v) is 3.13. The van der Waals surface area contributed by atoms with E-state index in [1.165, 1.54) is 0 Å². The third-order valence-electron chi connectivity index (χ3n) is 1.18. The van der Waals surface area contributed by atoms with Gasteiger partial charge in [0, 0.05) is 0 Å². The first kappa shape index (κ1) is 5.73. The lowest BCUT2D eigenvalue weighted by molar-refractivity contribution is 1.21. The molecule has 2 aromatic rings. The highest BCUT2D eigenvalue weighted by Gasteiger charge is 1.97. The van der Waals surface area contributed by atoms with E-state index in [9.17, 15) is 0 Å². The van der Waals surface area contributed by atoms with Crippen LogP contribution < -0.4 is 0 Å². The van der Waals surface area contributed by atoms with Crippen LogP contribution in [0, 0.1) is 6.92 Å². The van der Waals surface area contributed by atoms with Crippen LogP contribution in [0.4, 0.5) is 0 Å². The fourth-order valence-corrected chi connectivity index (χ4v) is 1.53. The van der Waals surface area contributed by atoms with Gasteiger partial charge in [-0.3, -0.25) is 0 Å². The molecule has 10 heavy (non-hydrogen) atoms. The standard InChI is InChI=1S/C6H5N3S/c1-4-9-5-2-7-3-8-6(5)10-4/h2-3H,1H3. The lowest BCUT2D eigenvalue weighted by Crippen LogP contribution is -1.74. The van der Waals surface area contributed by atoms with Gasteiger partial charge in [0.05, 0.1) is 11.2 Å².